The largest absolute Gasteiger partial charge is 0.286 e. The molecule has 0 saturated carbocycles. The monoisotopic (exact) mass is 94.1 g/mol. The molecule has 0 aromatic carbocycles. The van der Waals surface area contributed by atoms with E-state index in [0.717, 1.165) is 5.57 Å². The van der Waals surface area contributed by atoms with Gasteiger partial charge in [-0.2, -0.15) is 5.10 Å². The first-order valence-electron chi connectivity index (χ1n) is 2.03. The molecule has 2 nitrogen and oxygen atoms in total. The second-order valence-electron chi connectivity index (χ2n) is 1.30. The number of allylic oxidation sites excluding steroid dienone is 2. The van der Waals surface area contributed by atoms with Crippen LogP contribution in [0.25, 0.3) is 0 Å². The van der Waals surface area contributed by atoms with Crippen molar-refractivity contribution in [2.45, 2.75) is 0 Å². The fourth-order valence-electron chi connectivity index (χ4n) is 0.351. The number of hydrogen-bond donors (Lipinski definition) is 1. The van der Waals surface area contributed by atoms with E-state index in [9.17, 15) is 0 Å². The number of nitrogens with zero attached hydrogens (tertiary/aromatic N) is 1. The molecular weight excluding hydrogens is 88.1 g/mol. The topological polar surface area (TPSA) is 24.4 Å². The van der Waals surface area contributed by atoms with Gasteiger partial charge in [0, 0.05) is 6.20 Å². The van der Waals surface area contributed by atoms with Crippen molar-refractivity contribution in [1.82, 2.24) is 5.43 Å². The van der Waals surface area contributed by atoms with Crippen molar-refractivity contribution in [2.75, 3.05) is 0 Å². The quantitative estimate of drug-likeness (QED) is 0.468. The summed E-state index contributed by atoms with van der Waals surface area (Å²) in [7, 11) is 0. The zero-order valence-electron chi connectivity index (χ0n) is 3.89. The van der Waals surface area contributed by atoms with Crippen molar-refractivity contribution in [1.29, 1.82) is 0 Å². The Kier molecular flexibility index (Phi) is 0.941. The van der Waals surface area contributed by atoms with Crippen LogP contribution in [0.3, 0.4) is 0 Å². The minimum atomic E-state index is 0.929. The summed E-state index contributed by atoms with van der Waals surface area (Å²) < 4.78 is 0. The van der Waals surface area contributed by atoms with Gasteiger partial charge in [-0.1, -0.05) is 6.58 Å². The molecule has 0 aliphatic carbocycles. The van der Waals surface area contributed by atoms with Crippen molar-refractivity contribution >= 4 is 6.21 Å². The molecular formula is C5H6N2. The molecule has 1 aliphatic rings. The predicted molar refractivity (Wildman–Crippen MR) is 29.9 cm³/mol. The van der Waals surface area contributed by atoms with E-state index in [0.29, 0.717) is 0 Å². The third-order valence-corrected chi connectivity index (χ3v) is 0.677. The van der Waals surface area contributed by atoms with Crippen molar-refractivity contribution in [3.63, 3.8) is 0 Å². The van der Waals surface area contributed by atoms with E-state index in [1.54, 1.807) is 12.4 Å². The van der Waals surface area contributed by atoms with Gasteiger partial charge in [0.25, 0.3) is 0 Å². The minimum absolute atomic E-state index is 0.929. The summed E-state index contributed by atoms with van der Waals surface area (Å²) in [6, 6.07) is 0. The van der Waals surface area contributed by atoms with E-state index in [1.807, 2.05) is 6.08 Å². The smallest absolute Gasteiger partial charge is 0.0539 e. The lowest BCUT2D eigenvalue weighted by Gasteiger charge is -1.95. The molecule has 2 heteroatoms. The summed E-state index contributed by atoms with van der Waals surface area (Å²) in [5.41, 5.74) is 3.57. The molecule has 1 rings (SSSR count). The Bertz CT molecular complexity index is 119. The number of rotatable bonds is 0. The molecule has 0 aromatic rings. The van der Waals surface area contributed by atoms with Gasteiger partial charge in [0.1, 0.15) is 0 Å². The highest BCUT2D eigenvalue weighted by Gasteiger charge is 1.82. The maximum absolute atomic E-state index is 3.70. The average molecular weight is 94.1 g/mol. The van der Waals surface area contributed by atoms with Crippen molar-refractivity contribution in [3.05, 3.63) is 24.4 Å². The number of nitrogens with one attached hydrogen (secondary N) is 1. The van der Waals surface area contributed by atoms with Gasteiger partial charge in [-0.15, -0.1) is 0 Å². The molecule has 1 aliphatic heterocycles. The van der Waals surface area contributed by atoms with Crippen LogP contribution in [0.2, 0.25) is 0 Å². The molecule has 0 amide bonds. The molecule has 0 saturated heterocycles. The van der Waals surface area contributed by atoms with Gasteiger partial charge < -0.3 is 0 Å². The minimum Gasteiger partial charge on any atom is -0.286 e. The zero-order valence-corrected chi connectivity index (χ0v) is 3.89. The number of hydrazone groups is 1. The van der Waals surface area contributed by atoms with Gasteiger partial charge in [-0.25, -0.2) is 0 Å². The van der Waals surface area contributed by atoms with Crippen molar-refractivity contribution in [3.8, 4) is 0 Å². The Morgan fingerprint density at radius 3 is 2.86 bits per heavy atom. The van der Waals surface area contributed by atoms with Crippen LogP contribution in [0.5, 0.6) is 0 Å². The predicted octanol–water partition coefficient (Wildman–Crippen LogP) is 0.645. The first-order valence-corrected chi connectivity index (χ1v) is 2.03. The normalized spacial score (nSPS) is 16.9. The van der Waals surface area contributed by atoms with Crippen LogP contribution in [-0.4, -0.2) is 6.21 Å². The van der Waals surface area contributed by atoms with E-state index in [1.165, 1.54) is 0 Å². The van der Waals surface area contributed by atoms with Crippen LogP contribution in [0.15, 0.2) is 29.5 Å². The lowest BCUT2D eigenvalue weighted by Crippen LogP contribution is -1.99. The highest BCUT2D eigenvalue weighted by molar-refractivity contribution is 5.81. The molecule has 0 radical (unpaired) electrons. The third-order valence-electron chi connectivity index (χ3n) is 0.677. The van der Waals surface area contributed by atoms with E-state index in [4.69, 9.17) is 0 Å². The molecule has 0 aromatic heterocycles. The van der Waals surface area contributed by atoms with Crippen molar-refractivity contribution in [2.24, 2.45) is 5.10 Å². The molecule has 1 N–H and O–H groups in total. The van der Waals surface area contributed by atoms with E-state index < -0.39 is 0 Å². The summed E-state index contributed by atoms with van der Waals surface area (Å²) in [6.45, 7) is 3.64. The fraction of sp³-hybridized carbons (Fsp3) is 0. The van der Waals surface area contributed by atoms with Crippen LogP contribution in [0.4, 0.5) is 0 Å². The van der Waals surface area contributed by atoms with Gasteiger partial charge in [-0.05, 0) is 11.6 Å². The van der Waals surface area contributed by atoms with Gasteiger partial charge in [-0.3, -0.25) is 5.43 Å². The summed E-state index contributed by atoms with van der Waals surface area (Å²) >= 11 is 0. The first kappa shape index (κ1) is 4.12. The van der Waals surface area contributed by atoms with Crippen LogP contribution < -0.4 is 5.43 Å². The molecule has 7 heavy (non-hydrogen) atoms. The second-order valence-corrected chi connectivity index (χ2v) is 1.30. The molecule has 0 atom stereocenters. The van der Waals surface area contributed by atoms with Gasteiger partial charge in [0.2, 0.25) is 0 Å². The highest BCUT2D eigenvalue weighted by Crippen LogP contribution is 1.89. The summed E-state index contributed by atoms with van der Waals surface area (Å²) in [4.78, 5) is 0. The Hall–Kier alpha value is -1.05. The fourth-order valence-corrected chi connectivity index (χ4v) is 0.351. The molecule has 0 bridgehead atoms. The molecule has 0 fully saturated rings. The molecule has 0 spiro atoms. The standard InChI is InChI=1S/C5H6N2/c1-5-2-3-6-7-4-5/h2-4,6H,1H2. The van der Waals surface area contributed by atoms with E-state index in [-0.39, 0.29) is 0 Å². The lowest BCUT2D eigenvalue weighted by atomic mass is 10.3. The van der Waals surface area contributed by atoms with E-state index in [2.05, 4.69) is 17.1 Å². The SMILES string of the molecule is C=C1C=CNN=C1. The van der Waals surface area contributed by atoms with Crippen LogP contribution in [-0.2, 0) is 0 Å². The van der Waals surface area contributed by atoms with Crippen LogP contribution >= 0.6 is 0 Å². The van der Waals surface area contributed by atoms with Gasteiger partial charge >= 0.3 is 0 Å². The Balaban J connectivity index is 2.66. The molecule has 1 heterocycles. The lowest BCUT2D eigenvalue weighted by molar-refractivity contribution is 0.965. The van der Waals surface area contributed by atoms with Crippen LogP contribution in [0.1, 0.15) is 0 Å². The summed E-state index contributed by atoms with van der Waals surface area (Å²) in [5, 5.41) is 3.70. The van der Waals surface area contributed by atoms with Gasteiger partial charge in [0.05, 0.1) is 6.21 Å². The van der Waals surface area contributed by atoms with E-state index >= 15 is 0 Å². The highest BCUT2D eigenvalue weighted by atomic mass is 15.3. The Morgan fingerprint density at radius 1 is 1.71 bits per heavy atom. The average Bonchev–Trinajstić information content (AvgIpc) is 1.69. The Labute approximate surface area is 42.2 Å². The summed E-state index contributed by atoms with van der Waals surface area (Å²) in [5.74, 6) is 0. The number of hydrogen-bond acceptors (Lipinski definition) is 2. The maximum atomic E-state index is 3.70. The first-order chi connectivity index (χ1) is 3.39. The van der Waals surface area contributed by atoms with Gasteiger partial charge in [0.15, 0.2) is 0 Å². The Morgan fingerprint density at radius 2 is 2.57 bits per heavy atom. The molecule has 0 unspecified atom stereocenters. The maximum Gasteiger partial charge on any atom is 0.0539 e. The summed E-state index contributed by atoms with van der Waals surface area (Å²) in [6.07, 6.45) is 5.26. The molecule has 36 valence electrons. The third kappa shape index (κ3) is 0.892. The van der Waals surface area contributed by atoms with Crippen LogP contribution in [0, 0.1) is 0 Å². The van der Waals surface area contributed by atoms with Crippen molar-refractivity contribution < 1.29 is 0 Å². The zero-order chi connectivity index (χ0) is 5.11. The second kappa shape index (κ2) is 1.60.